The van der Waals surface area contributed by atoms with Crippen LogP contribution in [0.5, 0.6) is 0 Å². The van der Waals surface area contributed by atoms with Gasteiger partial charge in [-0.3, -0.25) is 14.7 Å². The van der Waals surface area contributed by atoms with Crippen molar-refractivity contribution in [1.82, 2.24) is 9.88 Å². The van der Waals surface area contributed by atoms with E-state index in [9.17, 15) is 4.79 Å². The molecule has 1 aromatic heterocycles. The van der Waals surface area contributed by atoms with E-state index in [0.29, 0.717) is 0 Å². The van der Waals surface area contributed by atoms with Crippen LogP contribution < -0.4 is 0 Å². The molecule has 0 aliphatic carbocycles. The van der Waals surface area contributed by atoms with E-state index in [4.69, 9.17) is 0 Å². The lowest BCUT2D eigenvalue weighted by Gasteiger charge is -2.29. The quantitative estimate of drug-likeness (QED) is 0.783. The minimum absolute atomic E-state index is 0.213. The number of aromatic nitrogens is 1. The third-order valence-electron chi connectivity index (χ3n) is 2.50. The van der Waals surface area contributed by atoms with Gasteiger partial charge < -0.3 is 0 Å². The smallest absolute Gasteiger partial charge is 0.159 e. The third kappa shape index (κ3) is 2.89. The van der Waals surface area contributed by atoms with Crippen molar-refractivity contribution in [3.8, 4) is 0 Å². The Morgan fingerprint density at radius 2 is 2.00 bits per heavy atom. The van der Waals surface area contributed by atoms with E-state index in [1.54, 1.807) is 12.4 Å². The van der Waals surface area contributed by atoms with Gasteiger partial charge in [0.05, 0.1) is 6.04 Å². The third-order valence-corrected chi connectivity index (χ3v) is 2.50. The number of carbonyl (C=O) groups excluding carboxylic acids is 1. The van der Waals surface area contributed by atoms with Gasteiger partial charge in [-0.2, -0.15) is 0 Å². The van der Waals surface area contributed by atoms with E-state index in [1.807, 2.05) is 51.9 Å². The molecule has 0 bridgehead atoms. The Balaban J connectivity index is 3.07. The first-order valence-electron chi connectivity index (χ1n) is 5.44. The Kier molecular flexibility index (Phi) is 3.81. The topological polar surface area (TPSA) is 33.2 Å². The van der Waals surface area contributed by atoms with Crippen LogP contribution in [0.2, 0.25) is 0 Å². The van der Waals surface area contributed by atoms with Crippen LogP contribution >= 0.6 is 0 Å². The van der Waals surface area contributed by atoms with Gasteiger partial charge in [0.1, 0.15) is 0 Å². The van der Waals surface area contributed by atoms with Gasteiger partial charge in [-0.05, 0) is 25.7 Å². The summed E-state index contributed by atoms with van der Waals surface area (Å²) >= 11 is 0. The van der Waals surface area contributed by atoms with Gasteiger partial charge in [0.2, 0.25) is 0 Å². The number of nitrogens with zero attached hydrogens (tertiary/aromatic N) is 2. The zero-order valence-electron chi connectivity index (χ0n) is 10.7. The summed E-state index contributed by atoms with van der Waals surface area (Å²) in [6.07, 6.45) is 3.48. The minimum atomic E-state index is -0.342. The van der Waals surface area contributed by atoms with Gasteiger partial charge in [0, 0.05) is 17.8 Å². The number of rotatable bonds is 3. The summed E-state index contributed by atoms with van der Waals surface area (Å²) in [6, 6.07) is 3.59. The lowest BCUT2D eigenvalue weighted by Crippen LogP contribution is -2.35. The molecule has 0 saturated heterocycles. The second kappa shape index (κ2) is 4.74. The second-order valence-corrected chi connectivity index (χ2v) is 5.27. The van der Waals surface area contributed by atoms with Gasteiger partial charge >= 0.3 is 0 Å². The number of Topliss-reactive ketones (excluding diaryl/α,β-unsaturated/α-hetero) is 1. The Morgan fingerprint density at radius 1 is 1.38 bits per heavy atom. The average Bonchev–Trinajstić information content (AvgIpc) is 2.17. The Labute approximate surface area is 97.5 Å². The van der Waals surface area contributed by atoms with Crippen molar-refractivity contribution in [2.24, 2.45) is 5.41 Å². The van der Waals surface area contributed by atoms with Gasteiger partial charge in [-0.15, -0.1) is 0 Å². The largest absolute Gasteiger partial charge is 0.297 e. The summed E-state index contributed by atoms with van der Waals surface area (Å²) in [4.78, 5) is 18.3. The molecular formula is C13H20N2O. The molecule has 0 aliphatic rings. The van der Waals surface area contributed by atoms with E-state index in [1.165, 1.54) is 0 Å². The first-order chi connectivity index (χ1) is 7.34. The summed E-state index contributed by atoms with van der Waals surface area (Å²) in [5.74, 6) is 0.213. The van der Waals surface area contributed by atoms with Crippen molar-refractivity contribution < 1.29 is 4.79 Å². The molecule has 1 heterocycles. The molecule has 1 atom stereocenters. The highest BCUT2D eigenvalue weighted by molar-refractivity contribution is 5.89. The zero-order chi connectivity index (χ0) is 12.3. The Hall–Kier alpha value is -1.22. The van der Waals surface area contributed by atoms with Crippen molar-refractivity contribution in [2.75, 3.05) is 14.1 Å². The number of hydrogen-bond donors (Lipinski definition) is 0. The fraction of sp³-hybridized carbons (Fsp3) is 0.538. The van der Waals surface area contributed by atoms with Crippen molar-refractivity contribution in [3.05, 3.63) is 30.1 Å². The van der Waals surface area contributed by atoms with E-state index in [0.717, 1.165) is 5.56 Å². The van der Waals surface area contributed by atoms with Crippen LogP contribution in [-0.4, -0.2) is 29.8 Å². The standard InChI is InChI=1S/C13H20N2O/c1-13(2,3)12(16)11(15(4)5)10-7-6-8-14-9-10/h6-9,11H,1-5H3. The van der Waals surface area contributed by atoms with Gasteiger partial charge in [-0.25, -0.2) is 0 Å². The Morgan fingerprint density at radius 3 is 2.38 bits per heavy atom. The molecule has 3 nitrogen and oxygen atoms in total. The monoisotopic (exact) mass is 220 g/mol. The van der Waals surface area contributed by atoms with E-state index < -0.39 is 0 Å². The predicted molar refractivity (Wildman–Crippen MR) is 65.1 cm³/mol. The molecule has 1 unspecified atom stereocenters. The second-order valence-electron chi connectivity index (χ2n) is 5.27. The highest BCUT2D eigenvalue weighted by atomic mass is 16.1. The fourth-order valence-corrected chi connectivity index (χ4v) is 1.63. The van der Waals surface area contributed by atoms with Crippen LogP contribution in [0.4, 0.5) is 0 Å². The highest BCUT2D eigenvalue weighted by Gasteiger charge is 2.32. The lowest BCUT2D eigenvalue weighted by atomic mass is 9.84. The van der Waals surface area contributed by atoms with Crippen molar-refractivity contribution >= 4 is 5.78 Å². The van der Waals surface area contributed by atoms with E-state index >= 15 is 0 Å². The molecule has 0 aliphatic heterocycles. The molecule has 1 aromatic rings. The minimum Gasteiger partial charge on any atom is -0.297 e. The number of ketones is 1. The molecule has 88 valence electrons. The van der Waals surface area contributed by atoms with Crippen LogP contribution in [-0.2, 0) is 4.79 Å². The van der Waals surface area contributed by atoms with Crippen molar-refractivity contribution in [3.63, 3.8) is 0 Å². The van der Waals surface area contributed by atoms with Crippen molar-refractivity contribution in [2.45, 2.75) is 26.8 Å². The van der Waals surface area contributed by atoms with Crippen LogP contribution in [0.3, 0.4) is 0 Å². The van der Waals surface area contributed by atoms with Crippen LogP contribution in [0.1, 0.15) is 32.4 Å². The fourth-order valence-electron chi connectivity index (χ4n) is 1.63. The number of likely N-dealkylation sites (N-methyl/N-ethyl adjacent to an activating group) is 1. The van der Waals surface area contributed by atoms with Gasteiger partial charge in [-0.1, -0.05) is 26.8 Å². The van der Waals surface area contributed by atoms with E-state index in [-0.39, 0.29) is 17.2 Å². The van der Waals surface area contributed by atoms with Gasteiger partial charge in [0.15, 0.2) is 5.78 Å². The molecule has 3 heteroatoms. The molecule has 0 N–H and O–H groups in total. The van der Waals surface area contributed by atoms with Gasteiger partial charge in [0.25, 0.3) is 0 Å². The average molecular weight is 220 g/mol. The highest BCUT2D eigenvalue weighted by Crippen LogP contribution is 2.28. The van der Waals surface area contributed by atoms with Crippen LogP contribution in [0, 0.1) is 5.41 Å². The zero-order valence-corrected chi connectivity index (χ0v) is 10.7. The molecule has 1 rings (SSSR count). The molecule has 16 heavy (non-hydrogen) atoms. The maximum absolute atomic E-state index is 12.3. The number of pyridine rings is 1. The molecular weight excluding hydrogens is 200 g/mol. The maximum atomic E-state index is 12.3. The summed E-state index contributed by atoms with van der Waals surface area (Å²) < 4.78 is 0. The SMILES string of the molecule is CN(C)C(C(=O)C(C)(C)C)c1cccnc1. The summed E-state index contributed by atoms with van der Waals surface area (Å²) in [6.45, 7) is 5.84. The summed E-state index contributed by atoms with van der Waals surface area (Å²) in [7, 11) is 3.84. The molecule has 0 saturated carbocycles. The molecule has 0 fully saturated rings. The molecule has 0 radical (unpaired) electrons. The summed E-state index contributed by atoms with van der Waals surface area (Å²) in [5.41, 5.74) is 0.609. The van der Waals surface area contributed by atoms with Crippen molar-refractivity contribution in [1.29, 1.82) is 0 Å². The number of hydrogen-bond acceptors (Lipinski definition) is 3. The first-order valence-corrected chi connectivity index (χ1v) is 5.44. The molecule has 0 aromatic carbocycles. The van der Waals surface area contributed by atoms with Crippen LogP contribution in [0.15, 0.2) is 24.5 Å². The predicted octanol–water partition coefficient (Wildman–Crippen LogP) is 2.30. The first kappa shape index (κ1) is 12.8. The molecule has 0 amide bonds. The summed E-state index contributed by atoms with van der Waals surface area (Å²) in [5, 5.41) is 0. The van der Waals surface area contributed by atoms with E-state index in [2.05, 4.69) is 4.98 Å². The normalized spacial score (nSPS) is 13.9. The molecule has 0 spiro atoms. The maximum Gasteiger partial charge on any atom is 0.159 e. The lowest BCUT2D eigenvalue weighted by molar-refractivity contribution is -0.131. The Bertz CT molecular complexity index is 352. The van der Waals surface area contributed by atoms with Crippen LogP contribution in [0.25, 0.3) is 0 Å². The number of carbonyl (C=O) groups is 1.